The highest BCUT2D eigenvalue weighted by Gasteiger charge is 2.29. The number of nitrogens with two attached hydrogens (primary N) is 1. The van der Waals surface area contributed by atoms with Crippen LogP contribution in [0.3, 0.4) is 0 Å². The lowest BCUT2D eigenvalue weighted by atomic mass is 9.78. The molecule has 1 fully saturated rings. The number of halogens is 1. The zero-order valence-electron chi connectivity index (χ0n) is 11.7. The van der Waals surface area contributed by atoms with Gasteiger partial charge in [-0.25, -0.2) is 4.39 Å². The summed E-state index contributed by atoms with van der Waals surface area (Å²) in [7, 11) is 0. The van der Waals surface area contributed by atoms with Gasteiger partial charge in [0.15, 0.2) is 0 Å². The first kappa shape index (κ1) is 13.8. The van der Waals surface area contributed by atoms with E-state index in [1.165, 1.54) is 12.5 Å². The molecular formula is C15H22FN3. The van der Waals surface area contributed by atoms with E-state index in [0.29, 0.717) is 16.7 Å². The Morgan fingerprint density at radius 2 is 2.05 bits per heavy atom. The third-order valence-corrected chi connectivity index (χ3v) is 4.42. The molecule has 1 aliphatic heterocycles. The van der Waals surface area contributed by atoms with E-state index in [1.807, 2.05) is 0 Å². The van der Waals surface area contributed by atoms with E-state index in [0.717, 1.165) is 25.9 Å². The molecule has 0 aliphatic carbocycles. The Labute approximate surface area is 114 Å². The third-order valence-electron chi connectivity index (χ3n) is 4.42. The lowest BCUT2D eigenvalue weighted by Crippen LogP contribution is -2.38. The summed E-state index contributed by atoms with van der Waals surface area (Å²) < 4.78 is 14.1. The predicted octanol–water partition coefficient (Wildman–Crippen LogP) is 3.13. The first-order chi connectivity index (χ1) is 8.95. The zero-order chi connectivity index (χ0) is 14.0. The Kier molecular flexibility index (Phi) is 3.78. The molecule has 3 N–H and O–H groups in total. The van der Waals surface area contributed by atoms with Crippen molar-refractivity contribution in [3.63, 3.8) is 0 Å². The van der Waals surface area contributed by atoms with Crippen LogP contribution in [0.4, 0.5) is 10.1 Å². The van der Waals surface area contributed by atoms with Gasteiger partial charge in [0.2, 0.25) is 0 Å². The van der Waals surface area contributed by atoms with E-state index >= 15 is 0 Å². The largest absolute Gasteiger partial charge is 0.384 e. The first-order valence-electron chi connectivity index (χ1n) is 6.84. The molecule has 0 bridgehead atoms. The van der Waals surface area contributed by atoms with Crippen molar-refractivity contribution in [3.8, 4) is 0 Å². The summed E-state index contributed by atoms with van der Waals surface area (Å²) in [6.07, 6.45) is 3.36. The van der Waals surface area contributed by atoms with Crippen LogP contribution < -0.4 is 10.6 Å². The monoisotopic (exact) mass is 263 g/mol. The standard InChI is InChI=1S/C15H22FN3/c1-3-15(2)6-8-19(9-7-15)13-5-4-11(14(17)18)10-12(13)16/h4-5,10H,3,6-9H2,1-2H3,(H3,17,18). The van der Waals surface area contributed by atoms with Gasteiger partial charge in [-0.05, 0) is 36.5 Å². The molecular weight excluding hydrogens is 241 g/mol. The van der Waals surface area contributed by atoms with Crippen molar-refractivity contribution in [1.82, 2.24) is 0 Å². The SMILES string of the molecule is CCC1(C)CCN(c2ccc(C(=N)N)cc2F)CC1. The minimum atomic E-state index is -0.284. The van der Waals surface area contributed by atoms with Crippen LogP contribution in [-0.4, -0.2) is 18.9 Å². The smallest absolute Gasteiger partial charge is 0.147 e. The fourth-order valence-electron chi connectivity index (χ4n) is 2.57. The summed E-state index contributed by atoms with van der Waals surface area (Å²) in [6.45, 7) is 6.30. The van der Waals surface area contributed by atoms with Crippen LogP contribution in [-0.2, 0) is 0 Å². The number of piperidine rings is 1. The number of hydrogen-bond acceptors (Lipinski definition) is 2. The van der Waals surface area contributed by atoms with Gasteiger partial charge in [-0.1, -0.05) is 20.3 Å². The van der Waals surface area contributed by atoms with Crippen molar-refractivity contribution in [2.24, 2.45) is 11.1 Å². The number of nitrogen functional groups attached to an aromatic ring is 1. The van der Waals surface area contributed by atoms with Crippen LogP contribution in [0, 0.1) is 16.6 Å². The van der Waals surface area contributed by atoms with Crippen LogP contribution in [0.15, 0.2) is 18.2 Å². The van der Waals surface area contributed by atoms with E-state index in [1.54, 1.807) is 12.1 Å². The fraction of sp³-hybridized carbons (Fsp3) is 0.533. The van der Waals surface area contributed by atoms with Gasteiger partial charge in [0.05, 0.1) is 5.69 Å². The molecule has 0 saturated carbocycles. The van der Waals surface area contributed by atoms with Crippen molar-refractivity contribution >= 4 is 11.5 Å². The molecule has 0 aromatic heterocycles. The van der Waals surface area contributed by atoms with Crippen molar-refractivity contribution in [1.29, 1.82) is 5.41 Å². The van der Waals surface area contributed by atoms with Crippen LogP contribution >= 0.6 is 0 Å². The number of amidine groups is 1. The van der Waals surface area contributed by atoms with E-state index in [4.69, 9.17) is 11.1 Å². The summed E-state index contributed by atoms with van der Waals surface area (Å²) in [5, 5.41) is 7.32. The second-order valence-corrected chi connectivity index (χ2v) is 5.73. The topological polar surface area (TPSA) is 53.1 Å². The summed E-state index contributed by atoms with van der Waals surface area (Å²) >= 11 is 0. The highest BCUT2D eigenvalue weighted by Crippen LogP contribution is 2.36. The molecule has 104 valence electrons. The van der Waals surface area contributed by atoms with Gasteiger partial charge in [-0.3, -0.25) is 5.41 Å². The Bertz CT molecular complexity index is 476. The summed E-state index contributed by atoms with van der Waals surface area (Å²) in [6, 6.07) is 4.81. The third kappa shape index (κ3) is 2.88. The van der Waals surface area contributed by atoms with E-state index in [2.05, 4.69) is 18.7 Å². The van der Waals surface area contributed by atoms with Crippen LogP contribution in [0.2, 0.25) is 0 Å². The maximum Gasteiger partial charge on any atom is 0.147 e. The zero-order valence-corrected chi connectivity index (χ0v) is 11.7. The summed E-state index contributed by atoms with van der Waals surface area (Å²) in [4.78, 5) is 2.09. The lowest BCUT2D eigenvalue weighted by molar-refractivity contribution is 0.237. The molecule has 1 aliphatic rings. The van der Waals surface area contributed by atoms with Gasteiger partial charge in [-0.2, -0.15) is 0 Å². The van der Waals surface area contributed by atoms with Gasteiger partial charge in [-0.15, -0.1) is 0 Å². The molecule has 0 atom stereocenters. The molecule has 1 heterocycles. The summed E-state index contributed by atoms with van der Waals surface area (Å²) in [5.41, 5.74) is 6.83. The Hall–Kier alpha value is -1.58. The minimum absolute atomic E-state index is 0.0948. The maximum atomic E-state index is 14.1. The molecule has 0 amide bonds. The van der Waals surface area contributed by atoms with Crippen LogP contribution in [0.1, 0.15) is 38.7 Å². The highest BCUT2D eigenvalue weighted by atomic mass is 19.1. The van der Waals surface area contributed by atoms with Crippen molar-refractivity contribution in [2.45, 2.75) is 33.1 Å². The second kappa shape index (κ2) is 5.19. The van der Waals surface area contributed by atoms with Crippen molar-refractivity contribution in [2.75, 3.05) is 18.0 Å². The lowest BCUT2D eigenvalue weighted by Gasteiger charge is -2.40. The molecule has 2 rings (SSSR count). The van der Waals surface area contributed by atoms with E-state index < -0.39 is 0 Å². The molecule has 0 radical (unpaired) electrons. The molecule has 1 aromatic rings. The van der Waals surface area contributed by atoms with Gasteiger partial charge < -0.3 is 10.6 Å². The molecule has 0 spiro atoms. The number of nitrogens with zero attached hydrogens (tertiary/aromatic N) is 1. The quantitative estimate of drug-likeness (QED) is 0.650. The maximum absolute atomic E-state index is 14.1. The average molecular weight is 263 g/mol. The Morgan fingerprint density at radius 1 is 1.42 bits per heavy atom. The van der Waals surface area contributed by atoms with E-state index in [9.17, 15) is 4.39 Å². The molecule has 0 unspecified atom stereocenters. The fourth-order valence-corrected chi connectivity index (χ4v) is 2.57. The van der Waals surface area contributed by atoms with Gasteiger partial charge in [0, 0.05) is 18.7 Å². The number of rotatable bonds is 3. The molecule has 4 heteroatoms. The predicted molar refractivity (Wildman–Crippen MR) is 77.3 cm³/mol. The van der Waals surface area contributed by atoms with Gasteiger partial charge >= 0.3 is 0 Å². The number of nitrogens with one attached hydrogen (secondary N) is 1. The molecule has 1 saturated heterocycles. The summed E-state index contributed by atoms with van der Waals surface area (Å²) in [5.74, 6) is -0.379. The number of benzene rings is 1. The van der Waals surface area contributed by atoms with Crippen LogP contribution in [0.25, 0.3) is 0 Å². The normalized spacial score (nSPS) is 18.4. The Balaban J connectivity index is 2.14. The average Bonchev–Trinajstić information content (AvgIpc) is 2.40. The highest BCUT2D eigenvalue weighted by molar-refractivity contribution is 5.95. The first-order valence-corrected chi connectivity index (χ1v) is 6.84. The minimum Gasteiger partial charge on any atom is -0.384 e. The van der Waals surface area contributed by atoms with Gasteiger partial charge in [0.25, 0.3) is 0 Å². The molecule has 3 nitrogen and oxygen atoms in total. The van der Waals surface area contributed by atoms with E-state index in [-0.39, 0.29) is 11.7 Å². The van der Waals surface area contributed by atoms with Crippen LogP contribution in [0.5, 0.6) is 0 Å². The van der Waals surface area contributed by atoms with Crippen molar-refractivity contribution < 1.29 is 4.39 Å². The number of hydrogen-bond donors (Lipinski definition) is 2. The molecule has 1 aromatic carbocycles. The number of anilines is 1. The second-order valence-electron chi connectivity index (χ2n) is 5.73. The van der Waals surface area contributed by atoms with Gasteiger partial charge in [0.1, 0.15) is 11.7 Å². The Morgan fingerprint density at radius 3 is 2.53 bits per heavy atom. The van der Waals surface area contributed by atoms with Crippen molar-refractivity contribution in [3.05, 3.63) is 29.6 Å². The molecule has 19 heavy (non-hydrogen) atoms.